The van der Waals surface area contributed by atoms with Gasteiger partial charge in [-0.2, -0.15) is 0 Å². The van der Waals surface area contributed by atoms with Crippen LogP contribution in [0.1, 0.15) is 109 Å². The van der Waals surface area contributed by atoms with Gasteiger partial charge in [-0.05, 0) is 67.5 Å². The van der Waals surface area contributed by atoms with Crippen LogP contribution < -0.4 is 9.47 Å². The molecular weight excluding hydrogens is 520 g/mol. The number of allylic oxidation sites excluding steroid dienone is 1. The largest absolute Gasteiger partial charge is 0.494 e. The van der Waals surface area contributed by atoms with Crippen molar-refractivity contribution in [2.45, 2.75) is 109 Å². The molecule has 2 nitrogen and oxygen atoms in total. The van der Waals surface area contributed by atoms with E-state index >= 15 is 0 Å². The van der Waals surface area contributed by atoms with Crippen LogP contribution in [0.3, 0.4) is 0 Å². The second-order valence-corrected chi connectivity index (χ2v) is 11.0. The zero-order valence-corrected chi connectivity index (χ0v) is 24.8. The van der Waals surface area contributed by atoms with Gasteiger partial charge in [-0.1, -0.05) is 123 Å². The number of hydrogen-bond acceptors (Lipinski definition) is 2. The van der Waals surface area contributed by atoms with E-state index in [0.717, 1.165) is 49.3 Å². The number of halogens is 1. The molecule has 0 aliphatic rings. The van der Waals surface area contributed by atoms with E-state index in [1.54, 1.807) is 0 Å². The molecule has 0 radical (unpaired) electrons. The summed E-state index contributed by atoms with van der Waals surface area (Å²) in [7, 11) is 0. The average Bonchev–Trinajstić information content (AvgIpc) is 2.93. The first-order chi connectivity index (χ1) is 18.3. The fraction of sp³-hybridized carbons (Fsp3) is 0.588. The second-order valence-electron chi connectivity index (χ2n) is 10.2. The molecule has 0 bridgehead atoms. The fourth-order valence-electron chi connectivity index (χ4n) is 4.58. The van der Waals surface area contributed by atoms with E-state index in [1.807, 2.05) is 6.08 Å². The van der Waals surface area contributed by atoms with Crippen molar-refractivity contribution in [3.63, 3.8) is 0 Å². The Bertz CT molecular complexity index is 784. The van der Waals surface area contributed by atoms with Gasteiger partial charge in [-0.3, -0.25) is 0 Å². The van der Waals surface area contributed by atoms with Crippen LogP contribution in [-0.2, 0) is 0 Å². The molecule has 37 heavy (non-hydrogen) atoms. The smallest absolute Gasteiger partial charge is 0.119 e. The van der Waals surface area contributed by atoms with E-state index in [-0.39, 0.29) is 0 Å². The predicted octanol–water partition coefficient (Wildman–Crippen LogP) is 11.3. The summed E-state index contributed by atoms with van der Waals surface area (Å²) in [6, 6.07) is 17.0. The van der Waals surface area contributed by atoms with Crippen molar-refractivity contribution in [3.05, 3.63) is 61.2 Å². The summed E-state index contributed by atoms with van der Waals surface area (Å²) < 4.78 is 11.9. The van der Waals surface area contributed by atoms with E-state index < -0.39 is 0 Å². The standard InChI is InChI=1S/C34H51BrO2/c1-2-3-4-5-6-9-12-15-18-29-36-33-24-20-31(21-25-33)32-22-26-34(27-23-32)37-30-19-16-13-10-7-8-11-14-17-28-35/h2,20-27H,1,3-19,28-30H2. The maximum Gasteiger partial charge on any atom is 0.119 e. The highest BCUT2D eigenvalue weighted by Crippen LogP contribution is 2.25. The third kappa shape index (κ3) is 16.0. The highest BCUT2D eigenvalue weighted by Gasteiger charge is 2.01. The average molecular weight is 572 g/mol. The third-order valence-corrected chi connectivity index (χ3v) is 7.47. The Kier molecular flexibility index (Phi) is 18.9. The Morgan fingerprint density at radius 1 is 0.486 bits per heavy atom. The Hall–Kier alpha value is -1.74. The number of ether oxygens (including phenoxy) is 2. The normalized spacial score (nSPS) is 10.9. The van der Waals surface area contributed by atoms with Crippen LogP contribution in [0.4, 0.5) is 0 Å². The van der Waals surface area contributed by atoms with Crippen molar-refractivity contribution in [2.24, 2.45) is 0 Å². The molecule has 0 spiro atoms. The minimum absolute atomic E-state index is 0.805. The van der Waals surface area contributed by atoms with Crippen LogP contribution >= 0.6 is 15.9 Å². The van der Waals surface area contributed by atoms with E-state index in [1.165, 1.54) is 101 Å². The van der Waals surface area contributed by atoms with Gasteiger partial charge in [0, 0.05) is 5.33 Å². The Balaban J connectivity index is 1.52. The SMILES string of the molecule is C=CCCCCCCCCCOc1ccc(-c2ccc(OCCCCCCCCCCCBr)cc2)cc1. The molecule has 3 heteroatoms. The lowest BCUT2D eigenvalue weighted by molar-refractivity contribution is 0.304. The van der Waals surface area contributed by atoms with Crippen molar-refractivity contribution in [2.75, 3.05) is 18.5 Å². The second kappa shape index (κ2) is 22.3. The van der Waals surface area contributed by atoms with Gasteiger partial charge in [0.1, 0.15) is 11.5 Å². The number of benzene rings is 2. The van der Waals surface area contributed by atoms with Gasteiger partial charge in [0.25, 0.3) is 0 Å². The van der Waals surface area contributed by atoms with E-state index in [0.29, 0.717) is 0 Å². The first kappa shape index (κ1) is 31.5. The number of unbranched alkanes of at least 4 members (excludes halogenated alkanes) is 15. The summed E-state index contributed by atoms with van der Waals surface area (Å²) >= 11 is 3.50. The lowest BCUT2D eigenvalue weighted by Gasteiger charge is -2.09. The van der Waals surface area contributed by atoms with E-state index in [9.17, 15) is 0 Å². The van der Waals surface area contributed by atoms with Crippen LogP contribution in [0.25, 0.3) is 11.1 Å². The molecule has 2 rings (SSSR count). The lowest BCUT2D eigenvalue weighted by Crippen LogP contribution is -1.97. The molecular formula is C34H51BrO2. The quantitative estimate of drug-likeness (QED) is 0.0709. The molecule has 0 amide bonds. The van der Waals surface area contributed by atoms with Crippen molar-refractivity contribution in [1.82, 2.24) is 0 Å². The number of alkyl halides is 1. The van der Waals surface area contributed by atoms with Gasteiger partial charge >= 0.3 is 0 Å². The predicted molar refractivity (Wildman–Crippen MR) is 165 cm³/mol. The van der Waals surface area contributed by atoms with Crippen molar-refractivity contribution >= 4 is 15.9 Å². The first-order valence-corrected chi connectivity index (χ1v) is 16.1. The maximum atomic E-state index is 5.96. The zero-order valence-electron chi connectivity index (χ0n) is 23.2. The Morgan fingerprint density at radius 2 is 0.838 bits per heavy atom. The zero-order chi connectivity index (χ0) is 26.2. The molecule has 206 valence electrons. The monoisotopic (exact) mass is 570 g/mol. The molecule has 0 fully saturated rings. The highest BCUT2D eigenvalue weighted by atomic mass is 79.9. The van der Waals surface area contributed by atoms with E-state index in [4.69, 9.17) is 9.47 Å². The van der Waals surface area contributed by atoms with Crippen LogP contribution in [0.5, 0.6) is 11.5 Å². The molecule has 2 aromatic rings. The summed E-state index contributed by atoms with van der Waals surface area (Å²) in [6.07, 6.45) is 24.2. The van der Waals surface area contributed by atoms with Gasteiger partial charge in [-0.25, -0.2) is 0 Å². The van der Waals surface area contributed by atoms with Gasteiger partial charge in [0.15, 0.2) is 0 Å². The third-order valence-electron chi connectivity index (χ3n) is 6.91. The van der Waals surface area contributed by atoms with Gasteiger partial charge in [0.2, 0.25) is 0 Å². The van der Waals surface area contributed by atoms with Crippen molar-refractivity contribution < 1.29 is 9.47 Å². The molecule has 2 aromatic carbocycles. The van der Waals surface area contributed by atoms with Gasteiger partial charge in [0.05, 0.1) is 13.2 Å². The first-order valence-electron chi connectivity index (χ1n) is 15.0. The van der Waals surface area contributed by atoms with Crippen LogP contribution in [0.15, 0.2) is 61.2 Å². The minimum atomic E-state index is 0.805. The topological polar surface area (TPSA) is 18.5 Å². The van der Waals surface area contributed by atoms with Gasteiger partial charge < -0.3 is 9.47 Å². The summed E-state index contributed by atoms with van der Waals surface area (Å²) in [5.74, 6) is 1.93. The molecule has 0 saturated heterocycles. The molecule has 0 saturated carbocycles. The molecule has 0 N–H and O–H groups in total. The summed E-state index contributed by atoms with van der Waals surface area (Å²) in [6.45, 7) is 5.40. The van der Waals surface area contributed by atoms with E-state index in [2.05, 4.69) is 71.0 Å². The lowest BCUT2D eigenvalue weighted by atomic mass is 10.1. The Morgan fingerprint density at radius 3 is 1.22 bits per heavy atom. The van der Waals surface area contributed by atoms with Crippen LogP contribution in [0.2, 0.25) is 0 Å². The molecule has 0 aliphatic carbocycles. The number of rotatable bonds is 24. The molecule has 0 heterocycles. The molecule has 0 aliphatic heterocycles. The van der Waals surface area contributed by atoms with Gasteiger partial charge in [-0.15, -0.1) is 6.58 Å². The summed E-state index contributed by atoms with van der Waals surface area (Å²) in [5, 5.41) is 1.15. The van der Waals surface area contributed by atoms with Crippen molar-refractivity contribution in [1.29, 1.82) is 0 Å². The molecule has 0 unspecified atom stereocenters. The fourth-order valence-corrected chi connectivity index (χ4v) is 4.97. The van der Waals surface area contributed by atoms with Crippen molar-refractivity contribution in [3.8, 4) is 22.6 Å². The maximum absolute atomic E-state index is 5.96. The minimum Gasteiger partial charge on any atom is -0.494 e. The molecule has 0 aromatic heterocycles. The number of hydrogen-bond donors (Lipinski definition) is 0. The Labute approximate surface area is 236 Å². The highest BCUT2D eigenvalue weighted by molar-refractivity contribution is 9.09. The molecule has 0 atom stereocenters. The van der Waals surface area contributed by atoms with Crippen LogP contribution in [0, 0.1) is 0 Å². The summed E-state index contributed by atoms with van der Waals surface area (Å²) in [4.78, 5) is 0. The summed E-state index contributed by atoms with van der Waals surface area (Å²) in [5.41, 5.74) is 2.42. The van der Waals surface area contributed by atoms with Crippen LogP contribution in [-0.4, -0.2) is 18.5 Å².